The van der Waals surface area contributed by atoms with Gasteiger partial charge in [0.15, 0.2) is 0 Å². The van der Waals surface area contributed by atoms with Crippen LogP contribution in [0.4, 0.5) is 0 Å². The first-order valence-corrected chi connectivity index (χ1v) is 5.89. The minimum Gasteiger partial charge on any atom is -0.748 e. The summed E-state index contributed by atoms with van der Waals surface area (Å²) in [5.74, 6) is -0.260. The van der Waals surface area contributed by atoms with E-state index in [1.54, 1.807) is 0 Å². The number of morpholine rings is 1. The van der Waals surface area contributed by atoms with Gasteiger partial charge in [0.1, 0.15) is 0 Å². The van der Waals surface area contributed by atoms with Crippen LogP contribution in [-0.4, -0.2) is 56.5 Å². The van der Waals surface area contributed by atoms with E-state index >= 15 is 0 Å². The van der Waals surface area contributed by atoms with Gasteiger partial charge in [-0.1, -0.05) is 0 Å². The van der Waals surface area contributed by atoms with Gasteiger partial charge < -0.3 is 9.29 Å². The number of ether oxygens (including phenoxy) is 1. The molecule has 6 heteroatoms. The molecule has 13 heavy (non-hydrogen) atoms. The average molecular weight is 208 g/mol. The van der Waals surface area contributed by atoms with Crippen LogP contribution in [0.15, 0.2) is 0 Å². The molecule has 0 atom stereocenters. The summed E-state index contributed by atoms with van der Waals surface area (Å²) in [6.07, 6.45) is 0.422. The van der Waals surface area contributed by atoms with Gasteiger partial charge in [-0.3, -0.25) is 4.90 Å². The van der Waals surface area contributed by atoms with Gasteiger partial charge in [0.25, 0.3) is 0 Å². The van der Waals surface area contributed by atoms with E-state index in [0.717, 1.165) is 13.1 Å². The van der Waals surface area contributed by atoms with E-state index in [0.29, 0.717) is 26.2 Å². The predicted molar refractivity (Wildman–Crippen MR) is 46.4 cm³/mol. The molecule has 0 bridgehead atoms. The molecular formula is C7H14NO4S-. The van der Waals surface area contributed by atoms with Crippen molar-refractivity contribution in [3.63, 3.8) is 0 Å². The van der Waals surface area contributed by atoms with Gasteiger partial charge >= 0.3 is 0 Å². The van der Waals surface area contributed by atoms with Crippen molar-refractivity contribution in [2.75, 3.05) is 38.6 Å². The SMILES string of the molecule is O=S(=O)([O-])CCCN1CCOCC1. The minimum atomic E-state index is -4.03. The summed E-state index contributed by atoms with van der Waals surface area (Å²) in [4.78, 5) is 2.11. The first kappa shape index (κ1) is 10.9. The summed E-state index contributed by atoms with van der Waals surface area (Å²) in [7, 11) is -4.03. The maximum atomic E-state index is 10.3. The van der Waals surface area contributed by atoms with Gasteiger partial charge in [0, 0.05) is 18.8 Å². The molecule has 1 heterocycles. The minimum absolute atomic E-state index is 0.260. The fourth-order valence-corrected chi connectivity index (χ4v) is 1.77. The van der Waals surface area contributed by atoms with Crippen LogP contribution in [0.25, 0.3) is 0 Å². The highest BCUT2D eigenvalue weighted by Crippen LogP contribution is 1.98. The molecular weight excluding hydrogens is 194 g/mol. The highest BCUT2D eigenvalue weighted by atomic mass is 32.2. The van der Waals surface area contributed by atoms with Gasteiger partial charge in [0.2, 0.25) is 0 Å². The van der Waals surface area contributed by atoms with Crippen LogP contribution >= 0.6 is 0 Å². The monoisotopic (exact) mass is 208 g/mol. The second-order valence-electron chi connectivity index (χ2n) is 3.07. The zero-order chi connectivity index (χ0) is 9.73. The zero-order valence-electron chi connectivity index (χ0n) is 7.44. The third-order valence-electron chi connectivity index (χ3n) is 1.97. The number of hydrogen-bond donors (Lipinski definition) is 0. The lowest BCUT2D eigenvalue weighted by molar-refractivity contribution is 0.0380. The third kappa shape index (κ3) is 5.20. The van der Waals surface area contributed by atoms with Gasteiger partial charge in [-0.25, -0.2) is 8.42 Å². The summed E-state index contributed by atoms with van der Waals surface area (Å²) >= 11 is 0. The maximum Gasteiger partial charge on any atom is 0.0946 e. The quantitative estimate of drug-likeness (QED) is 0.569. The molecule has 0 saturated carbocycles. The van der Waals surface area contributed by atoms with E-state index in [-0.39, 0.29) is 5.75 Å². The molecule has 1 saturated heterocycles. The summed E-state index contributed by atoms with van der Waals surface area (Å²) in [6, 6.07) is 0. The van der Waals surface area contributed by atoms with E-state index in [1.165, 1.54) is 0 Å². The predicted octanol–water partition coefficient (Wildman–Crippen LogP) is -0.746. The van der Waals surface area contributed by atoms with Crippen molar-refractivity contribution in [3.05, 3.63) is 0 Å². The molecule has 0 amide bonds. The molecule has 0 radical (unpaired) electrons. The van der Waals surface area contributed by atoms with E-state index in [4.69, 9.17) is 4.74 Å². The van der Waals surface area contributed by atoms with E-state index in [1.807, 2.05) is 0 Å². The first-order valence-electron chi connectivity index (χ1n) is 4.31. The Bertz CT molecular complexity index is 233. The average Bonchev–Trinajstić information content (AvgIpc) is 2.04. The second kappa shape index (κ2) is 4.90. The standard InChI is InChI=1S/C7H15NO4S/c9-13(10,11)7-1-2-8-3-5-12-6-4-8/h1-7H2,(H,9,10,11)/p-1. The molecule has 0 unspecified atom stereocenters. The van der Waals surface area contributed by atoms with Crippen LogP contribution in [-0.2, 0) is 14.9 Å². The molecule has 0 N–H and O–H groups in total. The van der Waals surface area contributed by atoms with E-state index in [9.17, 15) is 13.0 Å². The molecule has 0 aromatic rings. The summed E-state index contributed by atoms with van der Waals surface area (Å²) < 4.78 is 35.9. The van der Waals surface area contributed by atoms with Crippen molar-refractivity contribution in [2.45, 2.75) is 6.42 Å². The Hall–Kier alpha value is -0.170. The topological polar surface area (TPSA) is 69.7 Å². The Morgan fingerprint density at radius 1 is 1.31 bits per heavy atom. The number of rotatable bonds is 4. The molecule has 1 aliphatic heterocycles. The van der Waals surface area contributed by atoms with Crippen LogP contribution < -0.4 is 0 Å². The molecule has 0 aromatic heterocycles. The maximum absolute atomic E-state index is 10.3. The zero-order valence-corrected chi connectivity index (χ0v) is 8.25. The Labute approximate surface area is 78.4 Å². The lowest BCUT2D eigenvalue weighted by Crippen LogP contribution is -2.37. The fourth-order valence-electron chi connectivity index (χ4n) is 1.29. The second-order valence-corrected chi connectivity index (χ2v) is 4.59. The number of hydrogen-bond acceptors (Lipinski definition) is 5. The molecule has 0 spiro atoms. The summed E-state index contributed by atoms with van der Waals surface area (Å²) in [5.41, 5.74) is 0. The Balaban J connectivity index is 2.11. The Morgan fingerprint density at radius 3 is 2.46 bits per heavy atom. The van der Waals surface area contributed by atoms with Crippen molar-refractivity contribution in [1.29, 1.82) is 0 Å². The Kier molecular flexibility index (Phi) is 4.11. The van der Waals surface area contributed by atoms with E-state index < -0.39 is 10.1 Å². The van der Waals surface area contributed by atoms with Crippen LogP contribution in [0.3, 0.4) is 0 Å². The number of nitrogens with zero attached hydrogens (tertiary/aromatic N) is 1. The molecule has 1 rings (SSSR count). The lowest BCUT2D eigenvalue weighted by atomic mass is 10.4. The molecule has 5 nitrogen and oxygen atoms in total. The molecule has 1 fully saturated rings. The first-order chi connectivity index (χ1) is 6.08. The van der Waals surface area contributed by atoms with Crippen molar-refractivity contribution in [2.24, 2.45) is 0 Å². The van der Waals surface area contributed by atoms with Gasteiger partial charge in [-0.2, -0.15) is 0 Å². The van der Waals surface area contributed by atoms with E-state index in [2.05, 4.69) is 4.90 Å². The van der Waals surface area contributed by atoms with Crippen molar-refractivity contribution >= 4 is 10.1 Å². The smallest absolute Gasteiger partial charge is 0.0946 e. The largest absolute Gasteiger partial charge is 0.748 e. The molecule has 0 aromatic carbocycles. The summed E-state index contributed by atoms with van der Waals surface area (Å²) in [5, 5.41) is 0. The van der Waals surface area contributed by atoms with Gasteiger partial charge in [0.05, 0.1) is 23.3 Å². The fraction of sp³-hybridized carbons (Fsp3) is 1.00. The van der Waals surface area contributed by atoms with Crippen molar-refractivity contribution < 1.29 is 17.7 Å². The van der Waals surface area contributed by atoms with Gasteiger partial charge in [-0.05, 0) is 13.0 Å². The highest BCUT2D eigenvalue weighted by molar-refractivity contribution is 7.85. The summed E-state index contributed by atoms with van der Waals surface area (Å²) in [6.45, 7) is 3.73. The molecule has 1 aliphatic rings. The van der Waals surface area contributed by atoms with Crippen LogP contribution in [0.2, 0.25) is 0 Å². The van der Waals surface area contributed by atoms with Crippen molar-refractivity contribution in [3.8, 4) is 0 Å². The molecule has 0 aliphatic carbocycles. The normalized spacial score (nSPS) is 20.4. The van der Waals surface area contributed by atoms with Crippen molar-refractivity contribution in [1.82, 2.24) is 4.90 Å². The van der Waals surface area contributed by atoms with Gasteiger partial charge in [-0.15, -0.1) is 0 Å². The third-order valence-corrected chi connectivity index (χ3v) is 2.76. The molecule has 78 valence electrons. The highest BCUT2D eigenvalue weighted by Gasteiger charge is 2.09. The lowest BCUT2D eigenvalue weighted by Gasteiger charge is -2.26. The van der Waals surface area contributed by atoms with Crippen LogP contribution in [0.1, 0.15) is 6.42 Å². The Morgan fingerprint density at radius 2 is 1.92 bits per heavy atom. The van der Waals surface area contributed by atoms with Crippen LogP contribution in [0.5, 0.6) is 0 Å². The van der Waals surface area contributed by atoms with Crippen LogP contribution in [0, 0.1) is 0 Å².